The topological polar surface area (TPSA) is 98.1 Å². The molecule has 134 valence electrons. The summed E-state index contributed by atoms with van der Waals surface area (Å²) in [6.45, 7) is 9.19. The summed E-state index contributed by atoms with van der Waals surface area (Å²) in [6, 6.07) is 1.56. The summed E-state index contributed by atoms with van der Waals surface area (Å²) in [4.78, 5) is 26.7. The number of anilines is 2. The van der Waals surface area contributed by atoms with Crippen LogP contribution in [0.1, 0.15) is 39.6 Å². The van der Waals surface area contributed by atoms with Crippen LogP contribution in [0.4, 0.5) is 16.6 Å². The Balaban J connectivity index is 1.81. The first-order chi connectivity index (χ1) is 12.0. The average molecular weight is 345 g/mol. The Kier molecular flexibility index (Phi) is 4.82. The molecule has 9 nitrogen and oxygen atoms in total. The Bertz CT molecular complexity index is 746. The summed E-state index contributed by atoms with van der Waals surface area (Å²) in [5, 5.41) is 7.39. The second-order valence-electron chi connectivity index (χ2n) is 6.30. The Labute approximate surface area is 146 Å². The molecule has 3 rings (SSSR count). The molecule has 0 radical (unpaired) electrons. The summed E-state index contributed by atoms with van der Waals surface area (Å²) in [6.07, 6.45) is 2.79. The zero-order chi connectivity index (χ0) is 18.0. The lowest BCUT2D eigenvalue weighted by Crippen LogP contribution is -2.37. The van der Waals surface area contributed by atoms with Gasteiger partial charge in [0.25, 0.3) is 0 Å². The van der Waals surface area contributed by atoms with Gasteiger partial charge in [-0.15, -0.1) is 0 Å². The molecule has 1 saturated heterocycles. The van der Waals surface area contributed by atoms with Gasteiger partial charge >= 0.3 is 6.09 Å². The molecular weight excluding hydrogens is 322 g/mol. The Morgan fingerprint density at radius 3 is 2.88 bits per heavy atom. The largest absolute Gasteiger partial charge is 0.447 e. The predicted molar refractivity (Wildman–Crippen MR) is 92.2 cm³/mol. The number of aryl methyl sites for hydroxylation is 1. The van der Waals surface area contributed by atoms with Gasteiger partial charge < -0.3 is 10.1 Å². The van der Waals surface area contributed by atoms with E-state index in [1.54, 1.807) is 17.2 Å². The lowest BCUT2D eigenvalue weighted by Gasteiger charge is -2.23. The molecule has 3 heterocycles. The molecular formula is C16H23N7O2. The van der Waals surface area contributed by atoms with E-state index >= 15 is 0 Å². The summed E-state index contributed by atoms with van der Waals surface area (Å²) in [7, 11) is 0. The molecule has 9 heteroatoms. The number of nitrogens with one attached hydrogen (secondary N) is 1. The van der Waals surface area contributed by atoms with Gasteiger partial charge in [0, 0.05) is 12.7 Å². The number of cyclic esters (lactones) is 1. The van der Waals surface area contributed by atoms with Crippen molar-refractivity contribution in [2.75, 3.05) is 16.8 Å². The highest BCUT2D eigenvalue weighted by Crippen LogP contribution is 2.26. The van der Waals surface area contributed by atoms with Gasteiger partial charge in [0.1, 0.15) is 24.6 Å². The van der Waals surface area contributed by atoms with Crippen LogP contribution in [0.3, 0.4) is 0 Å². The van der Waals surface area contributed by atoms with Gasteiger partial charge in [-0.3, -0.25) is 4.90 Å². The van der Waals surface area contributed by atoms with Crippen molar-refractivity contribution in [2.45, 2.75) is 46.3 Å². The van der Waals surface area contributed by atoms with E-state index in [2.05, 4.69) is 39.2 Å². The van der Waals surface area contributed by atoms with Gasteiger partial charge in [-0.05, 0) is 25.8 Å². The number of amides is 1. The molecule has 0 bridgehead atoms. The Morgan fingerprint density at radius 2 is 2.16 bits per heavy atom. The molecule has 1 amide bonds. The number of aromatic nitrogens is 5. The number of carbonyl (C=O) groups is 1. The maximum Gasteiger partial charge on any atom is 0.415 e. The van der Waals surface area contributed by atoms with Crippen molar-refractivity contribution in [1.29, 1.82) is 0 Å². The molecule has 2 aromatic heterocycles. The Morgan fingerprint density at radius 1 is 1.36 bits per heavy atom. The molecule has 0 saturated carbocycles. The molecule has 0 aliphatic carbocycles. The quantitative estimate of drug-likeness (QED) is 0.857. The average Bonchev–Trinajstić information content (AvgIpc) is 3.21. The van der Waals surface area contributed by atoms with Crippen LogP contribution in [-0.2, 0) is 11.3 Å². The third kappa shape index (κ3) is 3.40. The number of rotatable bonds is 6. The minimum absolute atomic E-state index is 0.0316. The molecule has 1 fully saturated rings. The van der Waals surface area contributed by atoms with Crippen molar-refractivity contribution in [1.82, 2.24) is 24.7 Å². The van der Waals surface area contributed by atoms with E-state index in [1.165, 1.54) is 6.33 Å². The molecule has 1 unspecified atom stereocenters. The summed E-state index contributed by atoms with van der Waals surface area (Å²) < 4.78 is 7.00. The zero-order valence-electron chi connectivity index (χ0n) is 14.9. The van der Waals surface area contributed by atoms with Gasteiger partial charge in [-0.2, -0.15) is 10.1 Å². The smallest absolute Gasteiger partial charge is 0.415 e. The SMILES string of the molecule is CCn1ncnc1[C@@H](C)Nc1nccc(N2C(=O)OCC2C(C)C)n1. The molecule has 2 atom stereocenters. The Hall–Kier alpha value is -2.71. The van der Waals surface area contributed by atoms with E-state index in [0.717, 1.165) is 12.4 Å². The van der Waals surface area contributed by atoms with Gasteiger partial charge in [-0.25, -0.2) is 19.4 Å². The van der Waals surface area contributed by atoms with Crippen LogP contribution >= 0.6 is 0 Å². The maximum atomic E-state index is 12.1. The lowest BCUT2D eigenvalue weighted by molar-refractivity contribution is 0.177. The summed E-state index contributed by atoms with van der Waals surface area (Å²) in [5.41, 5.74) is 0. The van der Waals surface area contributed by atoms with Crippen LogP contribution in [-0.4, -0.2) is 43.5 Å². The fraction of sp³-hybridized carbons (Fsp3) is 0.562. The van der Waals surface area contributed by atoms with E-state index in [1.807, 2.05) is 18.5 Å². The molecule has 0 spiro atoms. The first-order valence-corrected chi connectivity index (χ1v) is 8.44. The van der Waals surface area contributed by atoms with E-state index in [-0.39, 0.29) is 24.1 Å². The third-order valence-electron chi connectivity index (χ3n) is 4.24. The monoisotopic (exact) mass is 345 g/mol. The molecule has 1 aliphatic rings. The van der Waals surface area contributed by atoms with Crippen LogP contribution in [0.15, 0.2) is 18.6 Å². The normalized spacial score (nSPS) is 18.5. The van der Waals surface area contributed by atoms with Crippen LogP contribution in [0.5, 0.6) is 0 Å². The van der Waals surface area contributed by atoms with Crippen LogP contribution in [0, 0.1) is 5.92 Å². The second kappa shape index (κ2) is 7.04. The lowest BCUT2D eigenvalue weighted by atomic mass is 10.0. The highest BCUT2D eigenvalue weighted by molar-refractivity contribution is 5.89. The molecule has 1 N–H and O–H groups in total. The number of nitrogens with zero attached hydrogens (tertiary/aromatic N) is 6. The summed E-state index contributed by atoms with van der Waals surface area (Å²) in [5.74, 6) is 2.03. The van der Waals surface area contributed by atoms with Crippen molar-refractivity contribution in [3.63, 3.8) is 0 Å². The first-order valence-electron chi connectivity index (χ1n) is 8.44. The van der Waals surface area contributed by atoms with E-state index in [4.69, 9.17) is 4.74 Å². The van der Waals surface area contributed by atoms with Crippen LogP contribution in [0.2, 0.25) is 0 Å². The number of hydrogen-bond acceptors (Lipinski definition) is 7. The molecule has 25 heavy (non-hydrogen) atoms. The fourth-order valence-electron chi connectivity index (χ4n) is 2.85. The van der Waals surface area contributed by atoms with E-state index < -0.39 is 0 Å². The van der Waals surface area contributed by atoms with Crippen molar-refractivity contribution in [3.05, 3.63) is 24.4 Å². The standard InChI is InChI=1S/C16H23N7O2/c1-5-22-14(18-9-19-22)11(4)20-15-17-7-6-13(21-15)23-12(10(2)3)8-25-16(23)24/h6-7,9-12H,5,8H2,1-4H3,(H,17,20,21)/t11-,12?/m1/s1. The summed E-state index contributed by atoms with van der Waals surface area (Å²) >= 11 is 0. The van der Waals surface area contributed by atoms with E-state index in [9.17, 15) is 4.79 Å². The molecule has 0 aromatic carbocycles. The third-order valence-corrected chi connectivity index (χ3v) is 4.24. The maximum absolute atomic E-state index is 12.1. The number of hydrogen-bond donors (Lipinski definition) is 1. The van der Waals surface area contributed by atoms with Crippen LogP contribution < -0.4 is 10.2 Å². The van der Waals surface area contributed by atoms with Crippen molar-refractivity contribution < 1.29 is 9.53 Å². The number of ether oxygens (including phenoxy) is 1. The first kappa shape index (κ1) is 17.1. The molecule has 2 aromatic rings. The number of carbonyl (C=O) groups excluding carboxylic acids is 1. The molecule has 1 aliphatic heterocycles. The predicted octanol–water partition coefficient (Wildman–Crippen LogP) is 2.24. The van der Waals surface area contributed by atoms with Gasteiger partial charge in [0.05, 0.1) is 12.1 Å². The van der Waals surface area contributed by atoms with Gasteiger partial charge in [0.2, 0.25) is 5.95 Å². The van der Waals surface area contributed by atoms with Gasteiger partial charge in [0.15, 0.2) is 0 Å². The fourth-order valence-corrected chi connectivity index (χ4v) is 2.85. The van der Waals surface area contributed by atoms with Crippen molar-refractivity contribution >= 4 is 17.9 Å². The van der Waals surface area contributed by atoms with Crippen molar-refractivity contribution in [2.24, 2.45) is 5.92 Å². The van der Waals surface area contributed by atoms with Crippen molar-refractivity contribution in [3.8, 4) is 0 Å². The second-order valence-corrected chi connectivity index (χ2v) is 6.30. The highest BCUT2D eigenvalue weighted by Gasteiger charge is 2.37. The van der Waals surface area contributed by atoms with Gasteiger partial charge in [-0.1, -0.05) is 13.8 Å². The zero-order valence-corrected chi connectivity index (χ0v) is 14.9. The minimum atomic E-state index is -0.373. The highest BCUT2D eigenvalue weighted by atomic mass is 16.6. The minimum Gasteiger partial charge on any atom is -0.447 e. The van der Waals surface area contributed by atoms with Crippen LogP contribution in [0.25, 0.3) is 0 Å². The van der Waals surface area contributed by atoms with E-state index in [0.29, 0.717) is 18.4 Å².